The summed E-state index contributed by atoms with van der Waals surface area (Å²) in [5, 5.41) is 5.75. The Morgan fingerprint density at radius 1 is 0.917 bits per heavy atom. The molecule has 248 valence electrons. The molecular formula is C35H35N5O8. The van der Waals surface area contributed by atoms with E-state index < -0.39 is 18.0 Å². The molecule has 4 amide bonds. The second-order valence-corrected chi connectivity index (χ2v) is 12.1. The Kier molecular flexibility index (Phi) is 8.34. The number of aliphatic imine (C=N–C) groups is 1. The fraction of sp³-hybridized carbons (Fsp3) is 0.343. The van der Waals surface area contributed by atoms with Crippen LogP contribution in [0.5, 0.6) is 23.0 Å². The number of carbonyl (C=O) groups is 4. The van der Waals surface area contributed by atoms with E-state index in [0.717, 1.165) is 18.4 Å². The van der Waals surface area contributed by atoms with Gasteiger partial charge in [-0.15, -0.1) is 0 Å². The molecule has 1 unspecified atom stereocenters. The van der Waals surface area contributed by atoms with Gasteiger partial charge in [0.15, 0.2) is 29.6 Å². The second kappa shape index (κ2) is 12.9. The predicted molar refractivity (Wildman–Crippen MR) is 174 cm³/mol. The van der Waals surface area contributed by atoms with E-state index in [-0.39, 0.29) is 61.3 Å². The fourth-order valence-electron chi connectivity index (χ4n) is 6.67. The predicted octanol–water partition coefficient (Wildman–Crippen LogP) is 3.33. The molecule has 13 heteroatoms. The first-order chi connectivity index (χ1) is 23.3. The van der Waals surface area contributed by atoms with E-state index in [1.54, 1.807) is 35.4 Å². The van der Waals surface area contributed by atoms with Gasteiger partial charge >= 0.3 is 0 Å². The number of nitrogens with one attached hydrogen (secondary N) is 2. The lowest BCUT2D eigenvalue weighted by molar-refractivity contribution is -0.124. The third kappa shape index (κ3) is 5.87. The first kappa shape index (κ1) is 31.0. The van der Waals surface area contributed by atoms with E-state index in [4.69, 9.17) is 18.9 Å². The minimum Gasteiger partial charge on any atom is -0.493 e. The summed E-state index contributed by atoms with van der Waals surface area (Å²) in [5.74, 6) is 0.0514. The van der Waals surface area contributed by atoms with Crippen molar-refractivity contribution in [3.05, 3.63) is 71.3 Å². The van der Waals surface area contributed by atoms with Crippen LogP contribution in [0.4, 0.5) is 11.4 Å². The van der Waals surface area contributed by atoms with Crippen molar-refractivity contribution in [1.82, 2.24) is 15.1 Å². The molecule has 3 aromatic carbocycles. The molecule has 3 aromatic rings. The van der Waals surface area contributed by atoms with Crippen LogP contribution in [0.25, 0.3) is 0 Å². The number of rotatable bonds is 9. The number of carbonyl (C=O) groups excluding carboxylic acids is 4. The molecular weight excluding hydrogens is 618 g/mol. The molecule has 0 bridgehead atoms. The van der Waals surface area contributed by atoms with Gasteiger partial charge in [0.25, 0.3) is 17.7 Å². The van der Waals surface area contributed by atoms with Crippen molar-refractivity contribution in [2.75, 3.05) is 39.2 Å². The molecule has 7 rings (SSSR count). The maximum absolute atomic E-state index is 13.7. The van der Waals surface area contributed by atoms with Gasteiger partial charge in [-0.1, -0.05) is 30.3 Å². The molecule has 3 atom stereocenters. The lowest BCUT2D eigenvalue weighted by atomic mass is 10.1. The minimum absolute atomic E-state index is 0.0398. The maximum atomic E-state index is 13.7. The normalized spacial score (nSPS) is 20.9. The fourth-order valence-corrected chi connectivity index (χ4v) is 6.67. The SMILES string of the molecule is COc1cc2c(cc1OCC(=O)NC1C[C@H]3C(=O)Nc4cc(OCc5ccccc5)c(OC)cc4C(=O)N3C1)N=C[C@@H]1CCCN1C2=O. The van der Waals surface area contributed by atoms with Crippen molar-refractivity contribution in [2.24, 2.45) is 4.99 Å². The molecule has 2 saturated heterocycles. The van der Waals surface area contributed by atoms with Crippen LogP contribution in [0.3, 0.4) is 0 Å². The highest BCUT2D eigenvalue weighted by Gasteiger charge is 2.43. The summed E-state index contributed by atoms with van der Waals surface area (Å²) in [4.78, 5) is 61.0. The maximum Gasteiger partial charge on any atom is 0.258 e. The van der Waals surface area contributed by atoms with Crippen LogP contribution < -0.4 is 29.6 Å². The molecule has 4 aliphatic heterocycles. The van der Waals surface area contributed by atoms with E-state index in [1.807, 2.05) is 30.3 Å². The van der Waals surface area contributed by atoms with Crippen molar-refractivity contribution in [3.8, 4) is 23.0 Å². The van der Waals surface area contributed by atoms with E-state index >= 15 is 0 Å². The van der Waals surface area contributed by atoms with Gasteiger partial charge in [0.1, 0.15) is 12.6 Å². The number of anilines is 1. The third-order valence-corrected chi connectivity index (χ3v) is 9.08. The average Bonchev–Trinajstić information content (AvgIpc) is 3.71. The Labute approximate surface area is 276 Å². The number of benzene rings is 3. The summed E-state index contributed by atoms with van der Waals surface area (Å²) in [6.07, 6.45) is 3.80. The number of amides is 4. The lowest BCUT2D eigenvalue weighted by Crippen LogP contribution is -2.41. The third-order valence-electron chi connectivity index (χ3n) is 9.08. The van der Waals surface area contributed by atoms with Crippen LogP contribution in [-0.2, 0) is 16.2 Å². The van der Waals surface area contributed by atoms with Gasteiger partial charge in [-0.25, -0.2) is 0 Å². The molecule has 0 aromatic heterocycles. The van der Waals surface area contributed by atoms with Gasteiger partial charge in [-0.2, -0.15) is 0 Å². The molecule has 0 aliphatic carbocycles. The van der Waals surface area contributed by atoms with E-state index in [0.29, 0.717) is 40.7 Å². The van der Waals surface area contributed by atoms with Crippen LogP contribution in [0, 0.1) is 0 Å². The van der Waals surface area contributed by atoms with E-state index in [9.17, 15) is 19.2 Å². The molecule has 0 radical (unpaired) electrons. The highest BCUT2D eigenvalue weighted by molar-refractivity contribution is 6.11. The van der Waals surface area contributed by atoms with Crippen LogP contribution >= 0.6 is 0 Å². The number of fused-ring (bicyclic) bond motifs is 4. The van der Waals surface area contributed by atoms with Crippen LogP contribution in [0.15, 0.2) is 59.6 Å². The number of nitrogens with zero attached hydrogens (tertiary/aromatic N) is 3. The largest absolute Gasteiger partial charge is 0.493 e. The number of methoxy groups -OCH3 is 2. The highest BCUT2D eigenvalue weighted by atomic mass is 16.5. The monoisotopic (exact) mass is 653 g/mol. The van der Waals surface area contributed by atoms with E-state index in [1.165, 1.54) is 19.1 Å². The quantitative estimate of drug-likeness (QED) is 0.358. The zero-order valence-corrected chi connectivity index (χ0v) is 26.6. The highest BCUT2D eigenvalue weighted by Crippen LogP contribution is 2.39. The van der Waals surface area contributed by atoms with Gasteiger partial charge in [0, 0.05) is 37.5 Å². The smallest absolute Gasteiger partial charge is 0.258 e. The lowest BCUT2D eigenvalue weighted by Gasteiger charge is -2.21. The van der Waals surface area contributed by atoms with Crippen molar-refractivity contribution in [3.63, 3.8) is 0 Å². The van der Waals surface area contributed by atoms with Crippen LogP contribution in [0.1, 0.15) is 45.5 Å². The zero-order chi connectivity index (χ0) is 33.4. The molecule has 13 nitrogen and oxygen atoms in total. The summed E-state index contributed by atoms with van der Waals surface area (Å²) in [5.41, 5.74) is 2.42. The van der Waals surface area contributed by atoms with Crippen molar-refractivity contribution >= 4 is 41.2 Å². The zero-order valence-electron chi connectivity index (χ0n) is 26.6. The molecule has 2 fully saturated rings. The minimum atomic E-state index is -0.786. The molecule has 48 heavy (non-hydrogen) atoms. The number of ether oxygens (including phenoxy) is 4. The average molecular weight is 654 g/mol. The summed E-state index contributed by atoms with van der Waals surface area (Å²) >= 11 is 0. The molecule has 2 N–H and O–H groups in total. The van der Waals surface area contributed by atoms with Gasteiger partial charge < -0.3 is 39.4 Å². The summed E-state index contributed by atoms with van der Waals surface area (Å²) < 4.78 is 22.8. The van der Waals surface area contributed by atoms with Crippen molar-refractivity contribution in [1.29, 1.82) is 0 Å². The number of hydrogen-bond acceptors (Lipinski definition) is 9. The Balaban J connectivity index is 1.01. The molecule has 4 aliphatic rings. The first-order valence-electron chi connectivity index (χ1n) is 15.8. The molecule has 0 saturated carbocycles. The van der Waals surface area contributed by atoms with Crippen LogP contribution in [-0.4, -0.2) is 91.7 Å². The van der Waals surface area contributed by atoms with Gasteiger partial charge in [-0.3, -0.25) is 24.2 Å². The summed E-state index contributed by atoms with van der Waals surface area (Å²) in [6, 6.07) is 14.7. The molecule has 4 heterocycles. The Hall–Kier alpha value is -5.59. The van der Waals surface area contributed by atoms with Crippen molar-refractivity contribution < 1.29 is 38.1 Å². The first-order valence-corrected chi connectivity index (χ1v) is 15.8. The number of hydrogen-bond donors (Lipinski definition) is 2. The molecule has 0 spiro atoms. The van der Waals surface area contributed by atoms with Gasteiger partial charge in [0.05, 0.1) is 42.8 Å². The van der Waals surface area contributed by atoms with E-state index in [2.05, 4.69) is 15.6 Å². The summed E-state index contributed by atoms with van der Waals surface area (Å²) in [6.45, 7) is 0.736. The topological polar surface area (TPSA) is 148 Å². The summed E-state index contributed by atoms with van der Waals surface area (Å²) in [7, 11) is 2.95. The Morgan fingerprint density at radius 2 is 1.65 bits per heavy atom. The van der Waals surface area contributed by atoms with Crippen molar-refractivity contribution in [2.45, 2.75) is 44.0 Å². The van der Waals surface area contributed by atoms with Gasteiger partial charge in [0.2, 0.25) is 5.91 Å². The Morgan fingerprint density at radius 3 is 2.42 bits per heavy atom. The second-order valence-electron chi connectivity index (χ2n) is 12.1. The Bertz CT molecular complexity index is 1810. The van der Waals surface area contributed by atoms with Crippen LogP contribution in [0.2, 0.25) is 0 Å². The van der Waals surface area contributed by atoms with Gasteiger partial charge in [-0.05, 0) is 37.0 Å². The standard InChI is InChI=1S/C35H35N5O8/c1-45-28-12-23-25(36-16-22-9-6-10-39(22)34(23)43)14-30(28)48-19-32(41)37-21-11-27-33(42)38-26-15-31(47-18-20-7-4-3-5-8-20)29(46-2)13-24(26)35(44)40(27)17-21/h3-5,7-8,12-16,21-22,27H,6,9-11,17-19H2,1-2H3,(H,37,41)(H,38,42)/t21?,22-,27-/m0/s1.